The summed E-state index contributed by atoms with van der Waals surface area (Å²) < 4.78 is 5.99. The number of halogens is 1. The molecular formula is C22H25ClN4O2. The first-order valence-electron chi connectivity index (χ1n) is 9.76. The van der Waals surface area contributed by atoms with E-state index in [1.54, 1.807) is 30.6 Å². The Morgan fingerprint density at radius 2 is 1.86 bits per heavy atom. The van der Waals surface area contributed by atoms with E-state index in [1.807, 2.05) is 26.8 Å². The first-order valence-corrected chi connectivity index (χ1v) is 10.1. The fourth-order valence-corrected chi connectivity index (χ4v) is 3.49. The van der Waals surface area contributed by atoms with Crippen molar-refractivity contribution in [2.24, 2.45) is 0 Å². The van der Waals surface area contributed by atoms with Crippen LogP contribution in [0.4, 0.5) is 0 Å². The Morgan fingerprint density at radius 1 is 1.21 bits per heavy atom. The second-order valence-corrected chi connectivity index (χ2v) is 8.77. The van der Waals surface area contributed by atoms with E-state index in [2.05, 4.69) is 15.3 Å². The van der Waals surface area contributed by atoms with Crippen molar-refractivity contribution in [1.82, 2.24) is 15.3 Å². The predicted octanol–water partition coefficient (Wildman–Crippen LogP) is 4.42. The molecule has 29 heavy (non-hydrogen) atoms. The van der Waals surface area contributed by atoms with E-state index in [0.29, 0.717) is 21.9 Å². The number of benzene rings is 1. The molecule has 1 aliphatic rings. The molecule has 1 heterocycles. The Bertz CT molecular complexity index is 908. The number of carbonyl (C=O) groups is 1. The van der Waals surface area contributed by atoms with Gasteiger partial charge < -0.3 is 10.1 Å². The van der Waals surface area contributed by atoms with Crippen molar-refractivity contribution in [3.05, 3.63) is 52.6 Å². The molecule has 1 N–H and O–H groups in total. The lowest BCUT2D eigenvalue weighted by Gasteiger charge is -2.29. The number of nitrogens with one attached hydrogen (secondary N) is 1. The molecule has 0 unspecified atom stereocenters. The Balaban J connectivity index is 1.50. The summed E-state index contributed by atoms with van der Waals surface area (Å²) in [6, 6.07) is 7.25. The summed E-state index contributed by atoms with van der Waals surface area (Å²) >= 11 is 6.06. The molecule has 1 amide bonds. The lowest BCUT2D eigenvalue weighted by molar-refractivity contribution is 0.0893. The molecule has 0 spiro atoms. The van der Waals surface area contributed by atoms with Crippen molar-refractivity contribution in [1.29, 1.82) is 5.26 Å². The minimum absolute atomic E-state index is 0.0709. The van der Waals surface area contributed by atoms with Gasteiger partial charge in [-0.15, -0.1) is 0 Å². The van der Waals surface area contributed by atoms with E-state index in [1.165, 1.54) is 0 Å². The summed E-state index contributed by atoms with van der Waals surface area (Å²) in [6.45, 7) is 6.11. The second-order valence-electron chi connectivity index (χ2n) is 8.36. The van der Waals surface area contributed by atoms with E-state index in [0.717, 1.165) is 31.5 Å². The van der Waals surface area contributed by atoms with E-state index in [-0.39, 0.29) is 23.5 Å². The molecule has 3 rings (SSSR count). The monoisotopic (exact) mass is 412 g/mol. The molecule has 0 saturated heterocycles. The third kappa shape index (κ3) is 5.45. The molecule has 7 heteroatoms. The van der Waals surface area contributed by atoms with Gasteiger partial charge in [0.1, 0.15) is 17.6 Å². The van der Waals surface area contributed by atoms with Crippen LogP contribution < -0.4 is 10.1 Å². The molecule has 0 atom stereocenters. The van der Waals surface area contributed by atoms with Crippen LogP contribution in [0.15, 0.2) is 30.6 Å². The molecular weight excluding hydrogens is 388 g/mol. The van der Waals surface area contributed by atoms with Crippen LogP contribution in [0, 0.1) is 11.3 Å². The van der Waals surface area contributed by atoms with Gasteiger partial charge in [0.05, 0.1) is 22.3 Å². The van der Waals surface area contributed by atoms with E-state index >= 15 is 0 Å². The zero-order chi connectivity index (χ0) is 21.0. The minimum Gasteiger partial charge on any atom is -0.490 e. The zero-order valence-electron chi connectivity index (χ0n) is 16.9. The Morgan fingerprint density at radius 3 is 2.41 bits per heavy atom. The van der Waals surface area contributed by atoms with Gasteiger partial charge in [-0.3, -0.25) is 4.79 Å². The van der Waals surface area contributed by atoms with Crippen LogP contribution in [0.3, 0.4) is 0 Å². The van der Waals surface area contributed by atoms with Crippen molar-refractivity contribution < 1.29 is 9.53 Å². The van der Waals surface area contributed by atoms with E-state index in [9.17, 15) is 4.79 Å². The van der Waals surface area contributed by atoms with Gasteiger partial charge in [-0.05, 0) is 37.8 Å². The Hall–Kier alpha value is -2.65. The number of carbonyl (C=O) groups excluding carboxylic acids is 1. The molecule has 0 radical (unpaired) electrons. The van der Waals surface area contributed by atoms with Gasteiger partial charge in [0.2, 0.25) is 0 Å². The van der Waals surface area contributed by atoms with Crippen LogP contribution in [-0.4, -0.2) is 28.0 Å². The highest BCUT2D eigenvalue weighted by Gasteiger charge is 2.25. The van der Waals surface area contributed by atoms with Crippen LogP contribution >= 0.6 is 11.6 Å². The van der Waals surface area contributed by atoms with Crippen LogP contribution in [0.2, 0.25) is 5.02 Å². The van der Waals surface area contributed by atoms with E-state index in [4.69, 9.17) is 21.6 Å². The van der Waals surface area contributed by atoms with Gasteiger partial charge >= 0.3 is 0 Å². The summed E-state index contributed by atoms with van der Waals surface area (Å²) in [6.07, 6.45) is 6.59. The standard InChI is InChI=1S/C22H25ClN4O2/c1-22(2,3)21-25-12-15(13-26-21)20(28)27-16-5-8-17(9-6-16)29-18-7-4-14(11-24)19(23)10-18/h4,7,10,12-13,16-17H,5-6,8-9H2,1-3H3,(H,27,28). The maximum absolute atomic E-state index is 12.5. The smallest absolute Gasteiger partial charge is 0.254 e. The number of nitriles is 1. The molecule has 6 nitrogen and oxygen atoms in total. The number of nitrogens with zero attached hydrogens (tertiary/aromatic N) is 3. The second kappa shape index (κ2) is 8.79. The quantitative estimate of drug-likeness (QED) is 0.802. The molecule has 0 aliphatic heterocycles. The van der Waals surface area contributed by atoms with Gasteiger partial charge in [-0.2, -0.15) is 5.26 Å². The Kier molecular flexibility index (Phi) is 6.39. The third-order valence-corrected chi connectivity index (χ3v) is 5.27. The lowest BCUT2D eigenvalue weighted by Crippen LogP contribution is -2.39. The van der Waals surface area contributed by atoms with Crippen LogP contribution in [0.25, 0.3) is 0 Å². The maximum Gasteiger partial charge on any atom is 0.254 e. The molecule has 0 bridgehead atoms. The molecule has 1 saturated carbocycles. The van der Waals surface area contributed by atoms with Crippen molar-refractivity contribution in [2.45, 2.75) is 64.0 Å². The highest BCUT2D eigenvalue weighted by molar-refractivity contribution is 6.31. The number of ether oxygens (including phenoxy) is 1. The number of rotatable bonds is 4. The molecule has 2 aromatic rings. The Labute approximate surface area is 176 Å². The average Bonchev–Trinajstić information content (AvgIpc) is 2.69. The fourth-order valence-electron chi connectivity index (χ4n) is 3.28. The summed E-state index contributed by atoms with van der Waals surface area (Å²) in [5.41, 5.74) is 0.764. The predicted molar refractivity (Wildman–Crippen MR) is 111 cm³/mol. The highest BCUT2D eigenvalue weighted by Crippen LogP contribution is 2.27. The highest BCUT2D eigenvalue weighted by atomic mass is 35.5. The summed E-state index contributed by atoms with van der Waals surface area (Å²) in [7, 11) is 0. The molecule has 1 fully saturated rings. The lowest BCUT2D eigenvalue weighted by atomic mass is 9.92. The molecule has 1 aliphatic carbocycles. The first-order chi connectivity index (χ1) is 13.8. The number of hydrogen-bond donors (Lipinski definition) is 1. The van der Waals surface area contributed by atoms with E-state index < -0.39 is 0 Å². The third-order valence-electron chi connectivity index (χ3n) is 4.96. The maximum atomic E-state index is 12.5. The van der Waals surface area contributed by atoms with Gasteiger partial charge in [0.25, 0.3) is 5.91 Å². The van der Waals surface area contributed by atoms with Crippen molar-refractivity contribution >= 4 is 17.5 Å². The summed E-state index contributed by atoms with van der Waals surface area (Å²) in [5, 5.41) is 12.4. The normalized spacial score (nSPS) is 19.3. The largest absolute Gasteiger partial charge is 0.490 e. The zero-order valence-corrected chi connectivity index (χ0v) is 17.7. The topological polar surface area (TPSA) is 87.9 Å². The summed E-state index contributed by atoms with van der Waals surface area (Å²) in [5.74, 6) is 1.24. The van der Waals surface area contributed by atoms with Gasteiger partial charge in [0.15, 0.2) is 0 Å². The molecule has 152 valence electrons. The van der Waals surface area contributed by atoms with Crippen LogP contribution in [-0.2, 0) is 5.41 Å². The number of hydrogen-bond acceptors (Lipinski definition) is 5. The fraction of sp³-hybridized carbons (Fsp3) is 0.455. The minimum atomic E-state index is -0.146. The first kappa shape index (κ1) is 21.1. The molecule has 1 aromatic carbocycles. The number of aromatic nitrogens is 2. The van der Waals surface area contributed by atoms with Gasteiger partial charge in [-0.1, -0.05) is 32.4 Å². The van der Waals surface area contributed by atoms with Crippen molar-refractivity contribution in [3.8, 4) is 11.8 Å². The van der Waals surface area contributed by atoms with Crippen LogP contribution in [0.1, 0.15) is 68.2 Å². The average molecular weight is 413 g/mol. The van der Waals surface area contributed by atoms with Gasteiger partial charge in [0, 0.05) is 29.9 Å². The van der Waals surface area contributed by atoms with Crippen molar-refractivity contribution in [3.63, 3.8) is 0 Å². The SMILES string of the molecule is CC(C)(C)c1ncc(C(=O)NC2CCC(Oc3ccc(C#N)c(Cl)c3)CC2)cn1. The summed E-state index contributed by atoms with van der Waals surface area (Å²) in [4.78, 5) is 21.1. The van der Waals surface area contributed by atoms with Crippen molar-refractivity contribution in [2.75, 3.05) is 0 Å². The number of amides is 1. The van der Waals surface area contributed by atoms with Gasteiger partial charge in [-0.25, -0.2) is 9.97 Å². The molecule has 1 aromatic heterocycles. The van der Waals surface area contributed by atoms with Crippen LogP contribution in [0.5, 0.6) is 5.75 Å².